The quantitative estimate of drug-likeness (QED) is 0.0197. The molecule has 6 saturated heterocycles. The van der Waals surface area contributed by atoms with Crippen LogP contribution in [0, 0.1) is 0 Å². The number of β-lactam (4-membered cyclic amide) rings is 1. The zero-order valence-corrected chi connectivity index (χ0v) is 64.0. The standard InChI is InChI=1S/C85H95N11O18/c1-82(49-112-82)72(99)64(39-52-11-6-5-7-12-52)89-78(105)69(94-80(107)85(48-97)30-10-31-87-85)42-55-21-27-62(28-22-55)111-47-59-16-9-14-57(38-59)44-66(74(101)84(3)51-114-84)91-77(104)68(93-79(106)70-45-71(98)88-70)41-54-19-25-61(26-20-54)110-46-58-15-8-13-56(37-58)43-65(73(100)83(2)50-113-83)90-76(103)67(40-53-17-23-60(108-4)24-18-53)92-75(102)63-29-32-86-81(95-63)96-33-35-109-36-34-96/h5-9,11-29,32,37-38,64-70,87,97H,10,30-31,33-36,39-51H2,1-4H3,(H,88,98)(H,89,105)(H,90,103)(H,91,104)(H,92,102)(H,93,106)(H,94,107). The number of aliphatic hydroxyl groups excluding tert-OH is 1. The Balaban J connectivity index is 0.640. The maximum absolute atomic E-state index is 14.7. The van der Waals surface area contributed by atoms with Gasteiger partial charge in [0, 0.05) is 38.5 Å². The van der Waals surface area contributed by atoms with Gasteiger partial charge in [-0.25, -0.2) is 9.97 Å². The van der Waals surface area contributed by atoms with Crippen LogP contribution in [0.3, 0.4) is 0 Å². The predicted octanol–water partition coefficient (Wildman–Crippen LogP) is 3.14. The summed E-state index contributed by atoms with van der Waals surface area (Å²) in [5.74, 6) is -2.99. The number of benzene rings is 6. The minimum Gasteiger partial charge on any atom is -0.497 e. The molecule has 9 N–H and O–H groups in total. The summed E-state index contributed by atoms with van der Waals surface area (Å²) in [5, 5.41) is 33.4. The van der Waals surface area contributed by atoms with Crippen LogP contribution in [0.5, 0.6) is 17.2 Å². The van der Waals surface area contributed by atoms with Gasteiger partial charge in [-0.3, -0.25) is 47.9 Å². The van der Waals surface area contributed by atoms with Gasteiger partial charge in [-0.15, -0.1) is 0 Å². The third kappa shape index (κ3) is 20.7. The van der Waals surface area contributed by atoms with Crippen molar-refractivity contribution >= 4 is 64.6 Å². The first-order valence-corrected chi connectivity index (χ1v) is 38.4. The Morgan fingerprint density at radius 3 is 1.39 bits per heavy atom. The highest BCUT2D eigenvalue weighted by Crippen LogP contribution is 2.33. The van der Waals surface area contributed by atoms with Crippen LogP contribution in [0.25, 0.3) is 0 Å². The minimum absolute atomic E-state index is 0.0285. The second-order valence-corrected chi connectivity index (χ2v) is 30.4. The molecule has 13 rings (SSSR count). The summed E-state index contributed by atoms with van der Waals surface area (Å²) in [6.45, 7) is 7.80. The van der Waals surface area contributed by atoms with E-state index in [-0.39, 0.29) is 107 Å². The number of aromatic nitrogens is 2. The average Bonchev–Trinajstić information content (AvgIpc) is 1.64. The van der Waals surface area contributed by atoms with Crippen molar-refractivity contribution in [2.45, 2.75) is 156 Å². The maximum atomic E-state index is 14.7. The molecule has 0 saturated carbocycles. The molecule has 114 heavy (non-hydrogen) atoms. The molecule has 0 bridgehead atoms. The fraction of sp³-hybridized carbons (Fsp3) is 0.412. The van der Waals surface area contributed by atoms with Gasteiger partial charge in [-0.1, -0.05) is 115 Å². The van der Waals surface area contributed by atoms with Crippen LogP contribution in [-0.2, 0) is 114 Å². The van der Waals surface area contributed by atoms with E-state index in [0.717, 1.165) is 16.7 Å². The number of ether oxygens (including phenoxy) is 7. The summed E-state index contributed by atoms with van der Waals surface area (Å²) in [6, 6.07) is 38.9. The van der Waals surface area contributed by atoms with Crippen molar-refractivity contribution in [2.75, 3.05) is 71.3 Å². The number of morpholine rings is 1. The van der Waals surface area contributed by atoms with Gasteiger partial charge < -0.3 is 85.7 Å². The lowest BCUT2D eigenvalue weighted by Crippen LogP contribution is -2.61. The number of hydrogen-bond donors (Lipinski definition) is 9. The van der Waals surface area contributed by atoms with E-state index in [1.807, 2.05) is 77.7 Å². The Morgan fingerprint density at radius 2 is 0.947 bits per heavy atom. The Labute approximate surface area is 659 Å². The van der Waals surface area contributed by atoms with Crippen LogP contribution < -0.4 is 61.6 Å². The van der Waals surface area contributed by atoms with Gasteiger partial charge in [0.05, 0.1) is 71.3 Å². The normalized spacial score (nSPS) is 22.1. The van der Waals surface area contributed by atoms with Crippen molar-refractivity contribution < 1.29 is 86.2 Å². The third-order valence-corrected chi connectivity index (χ3v) is 21.5. The molecule has 1 aromatic heterocycles. The van der Waals surface area contributed by atoms with E-state index in [1.165, 1.54) is 12.3 Å². The third-order valence-electron chi connectivity index (χ3n) is 21.5. The number of nitrogens with zero attached hydrogens (tertiary/aromatic N) is 3. The number of Topliss-reactive ketones (excluding diaryl/α,β-unsaturated/α-hetero) is 3. The zero-order valence-electron chi connectivity index (χ0n) is 64.0. The Morgan fingerprint density at radius 1 is 0.526 bits per heavy atom. The molecule has 0 spiro atoms. The summed E-state index contributed by atoms with van der Waals surface area (Å²) < 4.78 is 40.1. The second kappa shape index (κ2) is 35.8. The molecule has 6 aromatic carbocycles. The monoisotopic (exact) mass is 1560 g/mol. The molecule has 11 atom stereocenters. The van der Waals surface area contributed by atoms with E-state index < -0.39 is 107 Å². The van der Waals surface area contributed by atoms with Crippen LogP contribution in [0.2, 0.25) is 0 Å². The molecule has 6 fully saturated rings. The summed E-state index contributed by atoms with van der Waals surface area (Å²) in [5.41, 5.74) is 1.10. The molecule has 0 aliphatic carbocycles. The molecular formula is C85H95N11O18. The van der Waals surface area contributed by atoms with Gasteiger partial charge in [-0.05, 0) is 146 Å². The summed E-state index contributed by atoms with van der Waals surface area (Å²) >= 11 is 0. The van der Waals surface area contributed by atoms with Crippen LogP contribution in [0.4, 0.5) is 5.95 Å². The number of ketones is 3. The number of methoxy groups -OCH3 is 1. The molecule has 6 aliphatic rings. The molecule has 6 aliphatic heterocycles. The van der Waals surface area contributed by atoms with Gasteiger partial charge in [0.1, 0.15) is 82.7 Å². The highest BCUT2D eigenvalue weighted by atomic mass is 16.6. The number of epoxide rings is 3. The lowest BCUT2D eigenvalue weighted by molar-refractivity contribution is -0.139. The van der Waals surface area contributed by atoms with Gasteiger partial charge in [0.15, 0.2) is 17.3 Å². The van der Waals surface area contributed by atoms with E-state index in [2.05, 4.69) is 52.5 Å². The smallest absolute Gasteiger partial charge is 0.270 e. The van der Waals surface area contributed by atoms with Crippen LogP contribution in [0.1, 0.15) is 95.0 Å². The van der Waals surface area contributed by atoms with Crippen molar-refractivity contribution in [2.24, 2.45) is 0 Å². The number of rotatable bonds is 39. The Kier molecular flexibility index (Phi) is 25.3. The SMILES string of the molecule is COc1ccc(CC(NC(=O)c2ccnc(N3CCOCC3)n2)C(=O)NC(Cc2cccc(COc3ccc(CC(NC(=O)C4CC(=O)N4)C(=O)NC(Cc4cccc(COc5ccc(CC(NC(=O)C6(CO)CCCN6)C(=O)NC(Cc6ccccc6)C(=O)C6(C)CO6)cc5)c4)C(=O)C4(C)CO4)cc3)c2)C(=O)C2(C)CO2)cc1. The van der Waals surface area contributed by atoms with Crippen molar-refractivity contribution in [1.29, 1.82) is 0 Å². The lowest BCUT2D eigenvalue weighted by Gasteiger charge is -2.29. The van der Waals surface area contributed by atoms with Crippen molar-refractivity contribution in [3.8, 4) is 17.2 Å². The first-order chi connectivity index (χ1) is 54.9. The second-order valence-electron chi connectivity index (χ2n) is 30.4. The number of nitrogens with one attached hydrogen (secondary N) is 8. The number of anilines is 1. The fourth-order valence-corrected chi connectivity index (χ4v) is 14.1. The van der Waals surface area contributed by atoms with E-state index in [9.17, 15) is 53.1 Å². The van der Waals surface area contributed by atoms with Crippen molar-refractivity contribution in [3.05, 3.63) is 214 Å². The molecular weight excluding hydrogens is 1460 g/mol. The van der Waals surface area contributed by atoms with E-state index >= 15 is 0 Å². The Hall–Kier alpha value is -11.3. The molecule has 7 heterocycles. The summed E-state index contributed by atoms with van der Waals surface area (Å²) in [4.78, 5) is 150. The largest absolute Gasteiger partial charge is 0.497 e. The highest BCUT2D eigenvalue weighted by Gasteiger charge is 2.53. The summed E-state index contributed by atoms with van der Waals surface area (Å²) in [7, 11) is 1.55. The molecule has 7 amide bonds. The van der Waals surface area contributed by atoms with Gasteiger partial charge in [-0.2, -0.15) is 0 Å². The molecule has 0 radical (unpaired) electrons. The molecule has 598 valence electrons. The van der Waals surface area contributed by atoms with Crippen molar-refractivity contribution in [1.82, 2.24) is 52.5 Å². The molecule has 29 nitrogen and oxygen atoms in total. The van der Waals surface area contributed by atoms with E-state index in [1.54, 1.807) is 107 Å². The fourth-order valence-electron chi connectivity index (χ4n) is 14.1. The number of aliphatic hydroxyl groups is 1. The zero-order chi connectivity index (χ0) is 80.2. The molecule has 7 aromatic rings. The maximum Gasteiger partial charge on any atom is 0.270 e. The van der Waals surface area contributed by atoms with Crippen LogP contribution in [-0.4, -0.2) is 205 Å². The van der Waals surface area contributed by atoms with E-state index in [4.69, 9.17) is 33.2 Å². The molecule has 29 heteroatoms. The van der Waals surface area contributed by atoms with Gasteiger partial charge in [0.25, 0.3) is 5.91 Å². The first kappa shape index (κ1) is 80.7. The number of carbonyl (C=O) groups excluding carboxylic acids is 10. The number of amides is 7. The first-order valence-electron chi connectivity index (χ1n) is 38.4. The topological polar surface area (TPSA) is 391 Å². The van der Waals surface area contributed by atoms with Crippen molar-refractivity contribution in [3.63, 3.8) is 0 Å². The van der Waals surface area contributed by atoms with Gasteiger partial charge in [0.2, 0.25) is 41.4 Å². The average molecular weight is 1560 g/mol. The Bertz CT molecular complexity index is 4650. The van der Waals surface area contributed by atoms with Gasteiger partial charge >= 0.3 is 0 Å². The van der Waals surface area contributed by atoms with Crippen LogP contribution in [0.15, 0.2) is 164 Å². The summed E-state index contributed by atoms with van der Waals surface area (Å²) in [6.07, 6.45) is 2.81. The highest BCUT2D eigenvalue weighted by molar-refractivity contribution is 6.02. The number of hydrogen-bond acceptors (Lipinski definition) is 22. The molecule has 11 unspecified atom stereocenters. The number of carbonyl (C=O) groups is 10. The lowest BCUT2D eigenvalue weighted by atomic mass is 9.93. The minimum atomic E-state index is -1.28. The predicted molar refractivity (Wildman–Crippen MR) is 414 cm³/mol. The van der Waals surface area contributed by atoms with Crippen LogP contribution >= 0.6 is 0 Å². The van der Waals surface area contributed by atoms with E-state index in [0.29, 0.717) is 96.7 Å².